The SMILES string of the molecule is CSC1(Cn2cnc3cc(C(=O)O)ccc32)CC1. The van der Waals surface area contributed by atoms with Crippen molar-refractivity contribution in [2.75, 3.05) is 6.26 Å². The molecule has 0 amide bonds. The molecule has 5 heteroatoms. The normalized spacial score (nSPS) is 16.9. The molecule has 1 aliphatic rings. The number of fused-ring (bicyclic) bond motifs is 1. The quantitative estimate of drug-likeness (QED) is 0.920. The molecule has 0 bridgehead atoms. The summed E-state index contributed by atoms with van der Waals surface area (Å²) in [6.07, 6.45) is 6.46. The molecule has 0 unspecified atom stereocenters. The molecule has 4 nitrogen and oxygen atoms in total. The number of carbonyl (C=O) groups is 1. The number of hydrogen-bond acceptors (Lipinski definition) is 3. The van der Waals surface area contributed by atoms with Gasteiger partial charge >= 0.3 is 5.97 Å². The number of hydrogen-bond donors (Lipinski definition) is 1. The fourth-order valence-corrected chi connectivity index (χ4v) is 2.98. The maximum absolute atomic E-state index is 10.9. The summed E-state index contributed by atoms with van der Waals surface area (Å²) in [6.45, 7) is 0.955. The summed E-state index contributed by atoms with van der Waals surface area (Å²) in [4.78, 5) is 15.2. The van der Waals surface area contributed by atoms with Gasteiger partial charge in [-0.15, -0.1) is 0 Å². The molecule has 1 aromatic carbocycles. The molecule has 94 valence electrons. The van der Waals surface area contributed by atoms with Crippen LogP contribution in [0.25, 0.3) is 11.0 Å². The number of rotatable bonds is 4. The number of aromatic carboxylic acids is 1. The topological polar surface area (TPSA) is 55.1 Å². The Kier molecular flexibility index (Phi) is 2.59. The molecule has 1 heterocycles. The van der Waals surface area contributed by atoms with E-state index in [4.69, 9.17) is 5.11 Å². The summed E-state index contributed by atoms with van der Waals surface area (Å²) in [5.41, 5.74) is 2.06. The highest BCUT2D eigenvalue weighted by Gasteiger charge is 2.42. The standard InChI is InChI=1S/C13H14N2O2S/c1-18-13(4-5-13)7-15-8-14-10-6-9(12(16)17)2-3-11(10)15/h2-3,6,8H,4-5,7H2,1H3,(H,16,17). The van der Waals surface area contributed by atoms with Gasteiger partial charge in [0.15, 0.2) is 0 Å². The number of nitrogens with zero attached hydrogens (tertiary/aromatic N) is 2. The predicted octanol–water partition coefficient (Wildman–Crippen LogP) is 2.63. The maximum Gasteiger partial charge on any atom is 0.335 e. The van der Waals surface area contributed by atoms with Crippen molar-refractivity contribution in [2.45, 2.75) is 24.1 Å². The lowest BCUT2D eigenvalue weighted by Crippen LogP contribution is -2.12. The van der Waals surface area contributed by atoms with Crippen molar-refractivity contribution < 1.29 is 9.90 Å². The highest BCUT2D eigenvalue weighted by atomic mass is 32.2. The van der Waals surface area contributed by atoms with Gasteiger partial charge in [-0.2, -0.15) is 11.8 Å². The summed E-state index contributed by atoms with van der Waals surface area (Å²) < 4.78 is 2.50. The van der Waals surface area contributed by atoms with E-state index < -0.39 is 5.97 Å². The summed E-state index contributed by atoms with van der Waals surface area (Å²) in [7, 11) is 0. The van der Waals surface area contributed by atoms with E-state index in [-0.39, 0.29) is 0 Å². The third kappa shape index (κ3) is 1.88. The lowest BCUT2D eigenvalue weighted by atomic mass is 10.2. The number of benzene rings is 1. The largest absolute Gasteiger partial charge is 0.478 e. The molecule has 1 N–H and O–H groups in total. The smallest absolute Gasteiger partial charge is 0.335 e. The van der Waals surface area contributed by atoms with E-state index in [1.54, 1.807) is 12.1 Å². The number of thioether (sulfide) groups is 1. The van der Waals surface area contributed by atoms with Crippen LogP contribution in [0.1, 0.15) is 23.2 Å². The lowest BCUT2D eigenvalue weighted by Gasteiger charge is -2.13. The van der Waals surface area contributed by atoms with Gasteiger partial charge in [0.05, 0.1) is 22.9 Å². The van der Waals surface area contributed by atoms with Crippen LogP contribution in [0.3, 0.4) is 0 Å². The summed E-state index contributed by atoms with van der Waals surface area (Å²) in [5, 5.41) is 8.95. The van der Waals surface area contributed by atoms with Gasteiger partial charge in [0.2, 0.25) is 0 Å². The third-order valence-corrected chi connectivity index (χ3v) is 4.97. The molecular formula is C13H14N2O2S. The minimum atomic E-state index is -0.908. The average Bonchev–Trinajstić information content (AvgIpc) is 3.04. The number of aromatic nitrogens is 2. The molecular weight excluding hydrogens is 248 g/mol. The second kappa shape index (κ2) is 4.02. The van der Waals surface area contributed by atoms with E-state index in [0.29, 0.717) is 10.3 Å². The van der Waals surface area contributed by atoms with Gasteiger partial charge in [-0.1, -0.05) is 0 Å². The number of carboxylic acids is 1. The third-order valence-electron chi connectivity index (χ3n) is 3.57. The molecule has 0 atom stereocenters. The molecule has 18 heavy (non-hydrogen) atoms. The fourth-order valence-electron chi connectivity index (χ4n) is 2.20. The van der Waals surface area contributed by atoms with Crippen LogP contribution in [0.15, 0.2) is 24.5 Å². The Morgan fingerprint density at radius 1 is 1.56 bits per heavy atom. The Morgan fingerprint density at radius 3 is 2.94 bits per heavy atom. The zero-order valence-electron chi connectivity index (χ0n) is 10.1. The molecule has 0 saturated heterocycles. The van der Waals surface area contributed by atoms with Crippen LogP contribution in [-0.2, 0) is 6.54 Å². The number of carboxylic acid groups (broad SMARTS) is 1. The van der Waals surface area contributed by atoms with Crippen LogP contribution < -0.4 is 0 Å². The van der Waals surface area contributed by atoms with Gasteiger partial charge in [0, 0.05) is 11.3 Å². The minimum Gasteiger partial charge on any atom is -0.478 e. The predicted molar refractivity (Wildman–Crippen MR) is 72.2 cm³/mol. The van der Waals surface area contributed by atoms with Crippen molar-refractivity contribution in [3.05, 3.63) is 30.1 Å². The van der Waals surface area contributed by atoms with Gasteiger partial charge in [-0.25, -0.2) is 9.78 Å². The first-order valence-electron chi connectivity index (χ1n) is 5.87. The summed E-state index contributed by atoms with van der Waals surface area (Å²) in [5.74, 6) is -0.908. The molecule has 0 aliphatic heterocycles. The van der Waals surface area contributed by atoms with Crippen LogP contribution in [0, 0.1) is 0 Å². The van der Waals surface area contributed by atoms with Crippen molar-refractivity contribution in [1.29, 1.82) is 0 Å². The molecule has 1 saturated carbocycles. The second-order valence-corrected chi connectivity index (χ2v) is 6.04. The van der Waals surface area contributed by atoms with Crippen LogP contribution in [-0.4, -0.2) is 31.6 Å². The Hall–Kier alpha value is -1.49. The van der Waals surface area contributed by atoms with Gasteiger partial charge in [0.1, 0.15) is 0 Å². The van der Waals surface area contributed by atoms with Crippen LogP contribution in [0.4, 0.5) is 0 Å². The molecule has 0 radical (unpaired) electrons. The van der Waals surface area contributed by atoms with Crippen molar-refractivity contribution in [2.24, 2.45) is 0 Å². The second-order valence-electron chi connectivity index (χ2n) is 4.77. The van der Waals surface area contributed by atoms with E-state index >= 15 is 0 Å². The first kappa shape index (κ1) is 11.6. The van der Waals surface area contributed by atoms with Gasteiger partial charge in [-0.3, -0.25) is 0 Å². The van der Waals surface area contributed by atoms with Crippen LogP contribution >= 0.6 is 11.8 Å². The molecule has 0 spiro atoms. The highest BCUT2D eigenvalue weighted by molar-refractivity contribution is 8.00. The molecule has 1 aromatic heterocycles. The van der Waals surface area contributed by atoms with E-state index in [2.05, 4.69) is 15.8 Å². The molecule has 1 aliphatic carbocycles. The zero-order chi connectivity index (χ0) is 12.8. The molecule has 2 aromatic rings. The number of imidazole rings is 1. The first-order chi connectivity index (χ1) is 8.63. The Bertz CT molecular complexity index is 616. The van der Waals surface area contributed by atoms with E-state index in [0.717, 1.165) is 17.6 Å². The summed E-state index contributed by atoms with van der Waals surface area (Å²) in [6, 6.07) is 5.12. The Morgan fingerprint density at radius 2 is 2.33 bits per heavy atom. The summed E-state index contributed by atoms with van der Waals surface area (Å²) >= 11 is 1.91. The maximum atomic E-state index is 10.9. The Balaban J connectivity index is 1.97. The van der Waals surface area contributed by atoms with Crippen molar-refractivity contribution in [3.63, 3.8) is 0 Å². The minimum absolute atomic E-state index is 0.291. The fraction of sp³-hybridized carbons (Fsp3) is 0.385. The molecule has 3 rings (SSSR count). The van der Waals surface area contributed by atoms with Gasteiger partial charge in [-0.05, 0) is 37.3 Å². The van der Waals surface area contributed by atoms with Gasteiger partial charge < -0.3 is 9.67 Å². The van der Waals surface area contributed by atoms with Crippen molar-refractivity contribution in [1.82, 2.24) is 9.55 Å². The van der Waals surface area contributed by atoms with Crippen LogP contribution in [0.5, 0.6) is 0 Å². The van der Waals surface area contributed by atoms with Crippen molar-refractivity contribution >= 4 is 28.8 Å². The first-order valence-corrected chi connectivity index (χ1v) is 7.09. The van der Waals surface area contributed by atoms with Crippen molar-refractivity contribution in [3.8, 4) is 0 Å². The lowest BCUT2D eigenvalue weighted by molar-refractivity contribution is 0.0697. The van der Waals surface area contributed by atoms with Gasteiger partial charge in [0.25, 0.3) is 0 Å². The highest BCUT2D eigenvalue weighted by Crippen LogP contribution is 2.48. The monoisotopic (exact) mass is 262 g/mol. The van der Waals surface area contributed by atoms with Crippen LogP contribution in [0.2, 0.25) is 0 Å². The zero-order valence-corrected chi connectivity index (χ0v) is 10.9. The van der Waals surface area contributed by atoms with E-state index in [1.807, 2.05) is 24.2 Å². The van der Waals surface area contributed by atoms with E-state index in [1.165, 1.54) is 12.8 Å². The molecule has 1 fully saturated rings. The Labute approximate surface area is 109 Å². The average molecular weight is 262 g/mol. The van der Waals surface area contributed by atoms with E-state index in [9.17, 15) is 4.79 Å².